The highest BCUT2D eigenvalue weighted by molar-refractivity contribution is 7.74. The molecule has 144 valence electrons. The molecule has 1 amide bonds. The van der Waals surface area contributed by atoms with E-state index in [2.05, 4.69) is 4.98 Å². The molecule has 0 fully saturated rings. The summed E-state index contributed by atoms with van der Waals surface area (Å²) >= 11 is 0.641. The van der Waals surface area contributed by atoms with Gasteiger partial charge in [-0.05, 0) is 0 Å². The molecule has 2 aromatic rings. The molecule has 14 heteroatoms. The summed E-state index contributed by atoms with van der Waals surface area (Å²) in [7, 11) is -3.52. The Morgan fingerprint density at radius 1 is 1.33 bits per heavy atom. The largest absolute Gasteiger partial charge is 0.476 e. The summed E-state index contributed by atoms with van der Waals surface area (Å²) in [6, 6.07) is 1.20. The van der Waals surface area contributed by atoms with Crippen LogP contribution >= 0.6 is 11.3 Å². The highest BCUT2D eigenvalue weighted by Gasteiger charge is 2.25. The molecule has 10 nitrogen and oxygen atoms in total. The molecule has 0 atom stereocenters. The van der Waals surface area contributed by atoms with Gasteiger partial charge in [0.2, 0.25) is 16.8 Å². The molecule has 27 heavy (non-hydrogen) atoms. The predicted octanol–water partition coefficient (Wildman–Crippen LogP) is 1.05. The van der Waals surface area contributed by atoms with E-state index in [0.29, 0.717) is 27.8 Å². The molecule has 0 aliphatic heterocycles. The molecule has 1 aromatic heterocycles. The Morgan fingerprint density at radius 3 is 2.41 bits per heavy atom. The first-order valence-corrected chi connectivity index (χ1v) is 8.85. The van der Waals surface area contributed by atoms with Gasteiger partial charge in [-0.3, -0.25) is 10.2 Å². The number of carbonyl (C=O) groups excluding carboxylic acids is 1. The van der Waals surface area contributed by atoms with Crippen LogP contribution in [0.25, 0.3) is 0 Å². The van der Waals surface area contributed by atoms with Gasteiger partial charge in [0.25, 0.3) is 0 Å². The molecule has 0 unspecified atom stereocenters. The molecule has 0 spiro atoms. The van der Waals surface area contributed by atoms with Gasteiger partial charge < -0.3 is 16.2 Å². The van der Waals surface area contributed by atoms with Crippen molar-refractivity contribution in [3.8, 4) is 0 Å². The summed E-state index contributed by atoms with van der Waals surface area (Å²) in [5.41, 5.74) is 4.08. The molecule has 5 N–H and O–H groups in total. The zero-order chi connectivity index (χ0) is 20.3. The van der Waals surface area contributed by atoms with Crippen molar-refractivity contribution in [3.05, 3.63) is 35.0 Å². The molecule has 0 radical (unpaired) electrons. The second kappa shape index (κ2) is 8.05. The normalized spacial score (nSPS) is 10.6. The minimum absolute atomic E-state index is 0.370. The van der Waals surface area contributed by atoms with E-state index in [1.54, 1.807) is 0 Å². The zero-order valence-electron chi connectivity index (χ0n) is 13.1. The van der Waals surface area contributed by atoms with Gasteiger partial charge in [-0.25, -0.2) is 31.3 Å². The fraction of sp³-hybridized carbons (Fsp3) is 0.0769. The maximum atomic E-state index is 14.2. The second-order valence-electron chi connectivity index (χ2n) is 4.90. The minimum Gasteiger partial charge on any atom is -0.476 e. The molecule has 0 saturated heterocycles. The Balaban J connectivity index is 2.48. The van der Waals surface area contributed by atoms with E-state index in [4.69, 9.17) is 16.2 Å². The van der Waals surface area contributed by atoms with Crippen LogP contribution in [0.5, 0.6) is 0 Å². The number of anilines is 3. The van der Waals surface area contributed by atoms with Crippen molar-refractivity contribution in [1.82, 2.24) is 4.98 Å². The van der Waals surface area contributed by atoms with Gasteiger partial charge in [-0.2, -0.15) is 0 Å². The third-order valence-electron chi connectivity index (χ3n) is 2.99. The number of thiol groups is 1. The summed E-state index contributed by atoms with van der Waals surface area (Å²) in [5, 5.41) is 17.5. The fourth-order valence-electron chi connectivity index (χ4n) is 1.98. The molecule has 0 aliphatic carbocycles. The number of hydrogen-bond acceptors (Lipinski definition) is 7. The van der Waals surface area contributed by atoms with Gasteiger partial charge in [0, 0.05) is 12.1 Å². The number of hydrogen-bond donors (Lipinski definition) is 5. The van der Waals surface area contributed by atoms with Crippen LogP contribution in [0.1, 0.15) is 16.9 Å². The minimum atomic E-state index is -3.52. The molecule has 0 aliphatic rings. The molecular formula is C13H11F2N5O5S2. The average molecular weight is 419 g/mol. The van der Waals surface area contributed by atoms with E-state index < -0.39 is 63.7 Å². The number of halogens is 2. The lowest BCUT2D eigenvalue weighted by Crippen LogP contribution is -2.22. The van der Waals surface area contributed by atoms with Gasteiger partial charge in [0.15, 0.2) is 17.3 Å². The predicted molar refractivity (Wildman–Crippen MR) is 93.0 cm³/mol. The monoisotopic (exact) mass is 419 g/mol. The van der Waals surface area contributed by atoms with Crippen molar-refractivity contribution in [2.75, 3.05) is 9.62 Å². The van der Waals surface area contributed by atoms with Crippen molar-refractivity contribution in [2.45, 2.75) is 6.42 Å². The van der Waals surface area contributed by atoms with Crippen molar-refractivity contribution in [2.24, 2.45) is 5.73 Å². The zero-order valence-corrected chi connectivity index (χ0v) is 14.8. The number of carboxylic acids is 1. The number of benzene rings is 1. The molecular weight excluding hydrogens is 408 g/mol. The first-order chi connectivity index (χ1) is 12.6. The first-order valence-electron chi connectivity index (χ1n) is 6.84. The number of amidine groups is 1. The van der Waals surface area contributed by atoms with E-state index in [1.807, 2.05) is 5.32 Å². The number of amides is 1. The van der Waals surface area contributed by atoms with E-state index in [-0.39, 0.29) is 5.00 Å². The highest BCUT2D eigenvalue weighted by atomic mass is 32.2. The van der Waals surface area contributed by atoms with Crippen LogP contribution in [-0.4, -0.2) is 36.2 Å². The van der Waals surface area contributed by atoms with Crippen molar-refractivity contribution in [1.29, 1.82) is 5.41 Å². The summed E-state index contributed by atoms with van der Waals surface area (Å²) in [6.07, 6.45) is -0.595. The SMILES string of the molecule is N=C(N)CC(=O)Nc1c(F)cc(N(c2scnc2C(=O)O)[SH](=O)=O)cc1F. The Labute approximate surface area is 155 Å². The van der Waals surface area contributed by atoms with Gasteiger partial charge in [0.1, 0.15) is 16.5 Å². The summed E-state index contributed by atoms with van der Waals surface area (Å²) < 4.78 is 52.0. The van der Waals surface area contributed by atoms with E-state index >= 15 is 0 Å². The lowest BCUT2D eigenvalue weighted by atomic mass is 10.2. The number of nitrogens with zero attached hydrogens (tertiary/aromatic N) is 2. The van der Waals surface area contributed by atoms with Crippen LogP contribution in [0.2, 0.25) is 0 Å². The fourth-order valence-corrected chi connectivity index (χ4v) is 3.58. The van der Waals surface area contributed by atoms with Crippen LogP contribution in [0.3, 0.4) is 0 Å². The lowest BCUT2D eigenvalue weighted by Gasteiger charge is -2.17. The Bertz CT molecular complexity index is 976. The van der Waals surface area contributed by atoms with Crippen LogP contribution in [0.15, 0.2) is 17.6 Å². The van der Waals surface area contributed by atoms with Gasteiger partial charge in [0.05, 0.1) is 17.6 Å². The summed E-state index contributed by atoms with van der Waals surface area (Å²) in [4.78, 5) is 26.2. The molecule has 2 rings (SSSR count). The van der Waals surface area contributed by atoms with Crippen LogP contribution in [0.4, 0.5) is 25.2 Å². The van der Waals surface area contributed by atoms with E-state index in [1.165, 1.54) is 0 Å². The maximum Gasteiger partial charge on any atom is 0.357 e. The lowest BCUT2D eigenvalue weighted by molar-refractivity contribution is -0.115. The number of thiazole rings is 1. The van der Waals surface area contributed by atoms with Crippen LogP contribution in [-0.2, 0) is 15.7 Å². The van der Waals surface area contributed by atoms with Gasteiger partial charge in [-0.15, -0.1) is 11.3 Å². The highest BCUT2D eigenvalue weighted by Crippen LogP contribution is 2.35. The Morgan fingerprint density at radius 2 is 1.93 bits per heavy atom. The first kappa shape index (κ1) is 20.2. The standard InChI is InChI=1S/C13H11F2N5O5S2/c14-6-1-5(2-7(15)10(6)19-9(21)3-8(16)17)20(27(24)25)12-11(13(22)23)18-4-26-12/h1-2,4,27H,3H2,(H3,16,17)(H,19,21)(H,22,23). The van der Waals surface area contributed by atoms with Crippen LogP contribution < -0.4 is 15.4 Å². The average Bonchev–Trinajstić information content (AvgIpc) is 2.99. The van der Waals surface area contributed by atoms with E-state index in [9.17, 15) is 26.8 Å². The topological polar surface area (TPSA) is 167 Å². The second-order valence-corrected chi connectivity index (χ2v) is 6.60. The smallest absolute Gasteiger partial charge is 0.357 e. The van der Waals surface area contributed by atoms with Crippen molar-refractivity contribution < 1.29 is 31.9 Å². The number of rotatable bonds is 7. The maximum absolute atomic E-state index is 14.2. The number of carbonyl (C=O) groups is 2. The molecule has 0 bridgehead atoms. The molecule has 0 saturated carbocycles. The Hall–Kier alpha value is -3.13. The number of nitrogens with two attached hydrogens (primary N) is 1. The summed E-state index contributed by atoms with van der Waals surface area (Å²) in [5.74, 6) is -5.63. The Kier molecular flexibility index (Phi) is 6.02. The quantitative estimate of drug-likeness (QED) is 0.254. The van der Waals surface area contributed by atoms with Gasteiger partial charge in [-0.1, -0.05) is 0 Å². The number of carboxylic acid groups (broad SMARTS) is 1. The third kappa shape index (κ3) is 4.53. The van der Waals surface area contributed by atoms with Gasteiger partial charge >= 0.3 is 5.97 Å². The number of aromatic nitrogens is 1. The molecule has 1 aromatic carbocycles. The molecule has 1 heterocycles. The van der Waals surface area contributed by atoms with Crippen LogP contribution in [0, 0.1) is 17.0 Å². The number of aromatic carboxylic acids is 1. The van der Waals surface area contributed by atoms with Crippen molar-refractivity contribution >= 4 is 56.3 Å². The third-order valence-corrected chi connectivity index (χ3v) is 4.70. The van der Waals surface area contributed by atoms with E-state index in [0.717, 1.165) is 5.51 Å². The van der Waals surface area contributed by atoms with Crippen molar-refractivity contribution in [3.63, 3.8) is 0 Å². The summed E-state index contributed by atoms with van der Waals surface area (Å²) in [6.45, 7) is 0. The number of nitrogens with one attached hydrogen (secondary N) is 2.